The largest absolute Gasteiger partial charge is 0.495 e. The molecule has 0 fully saturated rings. The Kier molecular flexibility index (Phi) is 3.89. The summed E-state index contributed by atoms with van der Waals surface area (Å²) in [6.07, 6.45) is 0. The zero-order chi connectivity index (χ0) is 13.7. The average molecular weight is 253 g/mol. The van der Waals surface area contributed by atoms with Crippen LogP contribution in [0.3, 0.4) is 0 Å². The van der Waals surface area contributed by atoms with Crippen molar-refractivity contribution in [1.29, 1.82) is 5.26 Å². The molecule has 4 nitrogen and oxygen atoms in total. The van der Waals surface area contributed by atoms with Crippen molar-refractivity contribution in [2.75, 3.05) is 18.2 Å². The lowest BCUT2D eigenvalue weighted by atomic mass is 10.1. The summed E-state index contributed by atoms with van der Waals surface area (Å²) in [7, 11) is 1.59. The number of ether oxygens (including phenoxy) is 1. The van der Waals surface area contributed by atoms with Gasteiger partial charge in [0.05, 0.1) is 30.1 Å². The Balaban J connectivity index is 2.08. The van der Waals surface area contributed by atoms with Crippen molar-refractivity contribution >= 4 is 11.4 Å². The molecule has 0 radical (unpaired) electrons. The summed E-state index contributed by atoms with van der Waals surface area (Å²) in [6.45, 7) is 0.642. The van der Waals surface area contributed by atoms with Crippen LogP contribution in [0.25, 0.3) is 0 Å². The average Bonchev–Trinajstić information content (AvgIpc) is 2.47. The predicted octanol–water partition coefficient (Wildman–Crippen LogP) is 2.76. The number of nitrogens with one attached hydrogen (secondary N) is 1. The molecule has 4 heteroatoms. The first-order valence-corrected chi connectivity index (χ1v) is 5.90. The number of benzene rings is 2. The highest BCUT2D eigenvalue weighted by Gasteiger charge is 2.04. The van der Waals surface area contributed by atoms with E-state index >= 15 is 0 Å². The molecule has 19 heavy (non-hydrogen) atoms. The lowest BCUT2D eigenvalue weighted by molar-refractivity contribution is 0.417. The fraction of sp³-hybridized carbons (Fsp3) is 0.133. The lowest BCUT2D eigenvalue weighted by Crippen LogP contribution is -2.03. The second-order valence-corrected chi connectivity index (χ2v) is 4.08. The van der Waals surface area contributed by atoms with Crippen LogP contribution in [0.15, 0.2) is 42.5 Å². The lowest BCUT2D eigenvalue weighted by Gasteiger charge is -2.12. The van der Waals surface area contributed by atoms with Gasteiger partial charge < -0.3 is 15.8 Å². The number of hydrogen-bond donors (Lipinski definition) is 2. The molecule has 96 valence electrons. The Hall–Kier alpha value is -2.67. The number of nitrogen functional groups attached to an aromatic ring is 1. The third-order valence-corrected chi connectivity index (χ3v) is 2.85. The molecule has 0 unspecified atom stereocenters. The van der Waals surface area contributed by atoms with Crippen molar-refractivity contribution in [2.45, 2.75) is 6.54 Å². The molecular formula is C15H15N3O. The number of rotatable bonds is 4. The van der Waals surface area contributed by atoms with E-state index in [1.54, 1.807) is 19.2 Å². The maximum Gasteiger partial charge on any atom is 0.143 e. The summed E-state index contributed by atoms with van der Waals surface area (Å²) in [4.78, 5) is 0. The van der Waals surface area contributed by atoms with E-state index in [2.05, 4.69) is 11.4 Å². The summed E-state index contributed by atoms with van der Waals surface area (Å²) in [5.41, 5.74) is 9.15. The van der Waals surface area contributed by atoms with Crippen LogP contribution in [0.1, 0.15) is 11.1 Å². The van der Waals surface area contributed by atoms with Crippen LogP contribution in [0.4, 0.5) is 11.4 Å². The van der Waals surface area contributed by atoms with Gasteiger partial charge in [0.2, 0.25) is 0 Å². The van der Waals surface area contributed by atoms with Crippen LogP contribution in [0.2, 0.25) is 0 Å². The molecule has 2 rings (SSSR count). The monoisotopic (exact) mass is 253 g/mol. The smallest absolute Gasteiger partial charge is 0.143 e. The minimum absolute atomic E-state index is 0.596. The van der Waals surface area contributed by atoms with Gasteiger partial charge in [0, 0.05) is 6.54 Å². The van der Waals surface area contributed by atoms with Crippen LogP contribution >= 0.6 is 0 Å². The van der Waals surface area contributed by atoms with Crippen LogP contribution in [0.5, 0.6) is 5.75 Å². The highest BCUT2D eigenvalue weighted by Crippen LogP contribution is 2.29. The SMILES string of the molecule is COc1cccc(NCc2ccc(C#N)cc2)c1N. The minimum atomic E-state index is 0.596. The Bertz CT molecular complexity index is 600. The molecule has 0 aromatic heterocycles. The number of anilines is 2. The second kappa shape index (κ2) is 5.78. The van der Waals surface area contributed by atoms with E-state index in [-0.39, 0.29) is 0 Å². The maximum atomic E-state index is 8.73. The van der Waals surface area contributed by atoms with Gasteiger partial charge in [-0.05, 0) is 29.8 Å². The van der Waals surface area contributed by atoms with Gasteiger partial charge in [-0.1, -0.05) is 18.2 Å². The zero-order valence-corrected chi connectivity index (χ0v) is 10.7. The molecule has 0 saturated carbocycles. The van der Waals surface area contributed by atoms with E-state index in [9.17, 15) is 0 Å². The van der Waals surface area contributed by atoms with Crippen molar-refractivity contribution < 1.29 is 4.74 Å². The first kappa shape index (κ1) is 12.8. The topological polar surface area (TPSA) is 71.1 Å². The molecule has 2 aromatic rings. The molecule has 0 aliphatic carbocycles. The van der Waals surface area contributed by atoms with E-state index in [0.29, 0.717) is 23.5 Å². The first-order valence-electron chi connectivity index (χ1n) is 5.90. The van der Waals surface area contributed by atoms with Gasteiger partial charge in [0.15, 0.2) is 0 Å². The molecule has 0 aliphatic rings. The molecule has 0 spiro atoms. The predicted molar refractivity (Wildman–Crippen MR) is 75.9 cm³/mol. The number of nitrogens with two attached hydrogens (primary N) is 1. The van der Waals surface area contributed by atoms with Gasteiger partial charge in [0.1, 0.15) is 5.75 Å². The minimum Gasteiger partial charge on any atom is -0.495 e. The third kappa shape index (κ3) is 2.96. The summed E-state index contributed by atoms with van der Waals surface area (Å²) >= 11 is 0. The zero-order valence-electron chi connectivity index (χ0n) is 10.7. The normalized spacial score (nSPS) is 9.68. The highest BCUT2D eigenvalue weighted by molar-refractivity contribution is 5.72. The van der Waals surface area contributed by atoms with Gasteiger partial charge in [-0.3, -0.25) is 0 Å². The maximum absolute atomic E-state index is 8.73. The molecule has 0 bridgehead atoms. The number of nitrogens with zero attached hydrogens (tertiary/aromatic N) is 1. The molecule has 3 N–H and O–H groups in total. The Morgan fingerprint density at radius 1 is 1.21 bits per heavy atom. The Morgan fingerprint density at radius 3 is 2.58 bits per heavy atom. The van der Waals surface area contributed by atoms with Gasteiger partial charge in [-0.15, -0.1) is 0 Å². The first-order chi connectivity index (χ1) is 9.24. The fourth-order valence-electron chi connectivity index (χ4n) is 1.77. The summed E-state index contributed by atoms with van der Waals surface area (Å²) in [5.74, 6) is 0.657. The van der Waals surface area contributed by atoms with E-state index < -0.39 is 0 Å². The van der Waals surface area contributed by atoms with Crippen LogP contribution in [0, 0.1) is 11.3 Å². The highest BCUT2D eigenvalue weighted by atomic mass is 16.5. The van der Waals surface area contributed by atoms with Gasteiger partial charge in [-0.2, -0.15) is 5.26 Å². The van der Waals surface area contributed by atoms with Crippen molar-refractivity contribution in [1.82, 2.24) is 0 Å². The standard InChI is InChI=1S/C15H15N3O/c1-19-14-4-2-3-13(15(14)17)18-10-12-7-5-11(9-16)6-8-12/h2-8,18H,10,17H2,1H3. The van der Waals surface area contributed by atoms with Crippen molar-refractivity contribution in [3.05, 3.63) is 53.6 Å². The van der Waals surface area contributed by atoms with Crippen LogP contribution in [-0.2, 0) is 6.54 Å². The Morgan fingerprint density at radius 2 is 1.95 bits per heavy atom. The summed E-state index contributed by atoms with van der Waals surface area (Å²) < 4.78 is 5.17. The number of nitriles is 1. The molecule has 0 saturated heterocycles. The number of hydrogen-bond acceptors (Lipinski definition) is 4. The van der Waals surface area contributed by atoms with Gasteiger partial charge in [-0.25, -0.2) is 0 Å². The fourth-order valence-corrected chi connectivity index (χ4v) is 1.77. The molecule has 0 amide bonds. The Labute approximate surface area is 112 Å². The quantitative estimate of drug-likeness (QED) is 0.822. The van der Waals surface area contributed by atoms with Gasteiger partial charge in [0.25, 0.3) is 0 Å². The third-order valence-electron chi connectivity index (χ3n) is 2.85. The number of para-hydroxylation sites is 1. The van der Waals surface area contributed by atoms with E-state index in [1.807, 2.05) is 30.3 Å². The summed E-state index contributed by atoms with van der Waals surface area (Å²) in [5, 5.41) is 12.0. The van der Waals surface area contributed by atoms with E-state index in [4.69, 9.17) is 15.7 Å². The van der Waals surface area contributed by atoms with Gasteiger partial charge >= 0.3 is 0 Å². The molecule has 0 atom stereocenters. The van der Waals surface area contributed by atoms with Crippen molar-refractivity contribution in [3.63, 3.8) is 0 Å². The molecule has 2 aromatic carbocycles. The molecule has 0 aliphatic heterocycles. The van der Waals surface area contributed by atoms with E-state index in [0.717, 1.165) is 11.3 Å². The second-order valence-electron chi connectivity index (χ2n) is 4.08. The number of methoxy groups -OCH3 is 1. The van der Waals surface area contributed by atoms with E-state index in [1.165, 1.54) is 0 Å². The molecule has 0 heterocycles. The van der Waals surface area contributed by atoms with Crippen LogP contribution < -0.4 is 15.8 Å². The van der Waals surface area contributed by atoms with Crippen LogP contribution in [-0.4, -0.2) is 7.11 Å². The molecular weight excluding hydrogens is 238 g/mol. The summed E-state index contributed by atoms with van der Waals surface area (Å²) in [6, 6.07) is 15.1. The van der Waals surface area contributed by atoms with Crippen molar-refractivity contribution in [2.24, 2.45) is 0 Å². The van der Waals surface area contributed by atoms with Crippen molar-refractivity contribution in [3.8, 4) is 11.8 Å².